The van der Waals surface area contributed by atoms with Gasteiger partial charge < -0.3 is 11.1 Å². The number of rotatable bonds is 4. The van der Waals surface area contributed by atoms with Crippen molar-refractivity contribution >= 4 is 21.5 Å². The van der Waals surface area contributed by atoms with Crippen LogP contribution in [0.2, 0.25) is 0 Å². The minimum atomic E-state index is -4.23. The Morgan fingerprint density at radius 2 is 2.13 bits per heavy atom. The highest BCUT2D eigenvalue weighted by molar-refractivity contribution is 7.86. The van der Waals surface area contributed by atoms with Gasteiger partial charge in [0.2, 0.25) is 0 Å². The van der Waals surface area contributed by atoms with E-state index < -0.39 is 10.1 Å². The molecular weight excluding hydrogens is 216 g/mol. The summed E-state index contributed by atoms with van der Waals surface area (Å²) < 4.78 is 31.0. The second-order valence-electron chi connectivity index (χ2n) is 3.16. The van der Waals surface area contributed by atoms with E-state index in [4.69, 9.17) is 10.3 Å². The van der Waals surface area contributed by atoms with Crippen LogP contribution in [0, 0.1) is 0 Å². The van der Waals surface area contributed by atoms with Gasteiger partial charge in [-0.05, 0) is 24.6 Å². The van der Waals surface area contributed by atoms with E-state index in [1.54, 1.807) is 6.07 Å². The summed E-state index contributed by atoms with van der Waals surface area (Å²) >= 11 is 0. The fourth-order valence-corrected chi connectivity index (χ4v) is 1.86. The van der Waals surface area contributed by atoms with E-state index in [0.717, 1.165) is 6.42 Å². The summed E-state index contributed by atoms with van der Waals surface area (Å²) in [6, 6.07) is 4.34. The van der Waals surface area contributed by atoms with Crippen LogP contribution in [0.3, 0.4) is 0 Å². The molecule has 84 valence electrons. The van der Waals surface area contributed by atoms with Gasteiger partial charge in [0.15, 0.2) is 0 Å². The van der Waals surface area contributed by atoms with Crippen LogP contribution in [0.25, 0.3) is 0 Å². The molecule has 0 fully saturated rings. The van der Waals surface area contributed by atoms with Crippen LogP contribution >= 0.6 is 0 Å². The van der Waals surface area contributed by atoms with Crippen molar-refractivity contribution in [1.82, 2.24) is 0 Å². The van der Waals surface area contributed by atoms with E-state index in [0.29, 0.717) is 17.9 Å². The number of benzene rings is 1. The zero-order chi connectivity index (χ0) is 11.5. The maximum absolute atomic E-state index is 11.0. The van der Waals surface area contributed by atoms with Crippen LogP contribution in [0.15, 0.2) is 23.1 Å². The SMILES string of the molecule is CCCNc1ccc(N)cc1S(=O)(=O)O. The van der Waals surface area contributed by atoms with Crippen LogP contribution in [0.1, 0.15) is 13.3 Å². The predicted octanol–water partition coefficient (Wildman–Crippen LogP) is 1.34. The lowest BCUT2D eigenvalue weighted by molar-refractivity contribution is 0.483. The molecule has 0 radical (unpaired) electrons. The fraction of sp³-hybridized carbons (Fsp3) is 0.333. The Bertz CT molecular complexity index is 443. The van der Waals surface area contributed by atoms with Crippen molar-refractivity contribution in [2.75, 3.05) is 17.6 Å². The van der Waals surface area contributed by atoms with Gasteiger partial charge >= 0.3 is 0 Å². The third kappa shape index (κ3) is 3.10. The molecule has 0 spiro atoms. The van der Waals surface area contributed by atoms with Crippen molar-refractivity contribution in [3.05, 3.63) is 18.2 Å². The number of anilines is 2. The molecule has 0 aliphatic carbocycles. The number of hydrogen-bond donors (Lipinski definition) is 3. The van der Waals surface area contributed by atoms with Crippen molar-refractivity contribution in [3.63, 3.8) is 0 Å². The molecule has 0 aliphatic heterocycles. The molecule has 15 heavy (non-hydrogen) atoms. The Kier molecular flexibility index (Phi) is 3.54. The molecule has 4 N–H and O–H groups in total. The first kappa shape index (κ1) is 11.8. The van der Waals surface area contributed by atoms with Crippen molar-refractivity contribution in [2.45, 2.75) is 18.2 Å². The van der Waals surface area contributed by atoms with E-state index in [1.807, 2.05) is 6.92 Å². The Morgan fingerprint density at radius 3 is 2.67 bits per heavy atom. The third-order valence-corrected chi connectivity index (χ3v) is 2.74. The van der Waals surface area contributed by atoms with Crippen LogP contribution in [-0.2, 0) is 10.1 Å². The van der Waals surface area contributed by atoms with Gasteiger partial charge in [0.05, 0.1) is 5.69 Å². The number of nitrogen functional groups attached to an aromatic ring is 1. The number of nitrogens with two attached hydrogens (primary N) is 1. The molecule has 0 bridgehead atoms. The van der Waals surface area contributed by atoms with Gasteiger partial charge in [0.25, 0.3) is 10.1 Å². The average molecular weight is 230 g/mol. The Balaban J connectivity index is 3.15. The molecule has 5 nitrogen and oxygen atoms in total. The van der Waals surface area contributed by atoms with Gasteiger partial charge in [-0.3, -0.25) is 4.55 Å². The van der Waals surface area contributed by atoms with Crippen LogP contribution in [0.5, 0.6) is 0 Å². The van der Waals surface area contributed by atoms with Crippen LogP contribution < -0.4 is 11.1 Å². The molecule has 6 heteroatoms. The van der Waals surface area contributed by atoms with E-state index in [1.165, 1.54) is 12.1 Å². The van der Waals surface area contributed by atoms with Crippen molar-refractivity contribution in [3.8, 4) is 0 Å². The van der Waals surface area contributed by atoms with E-state index in [2.05, 4.69) is 5.32 Å². The fourth-order valence-electron chi connectivity index (χ4n) is 1.16. The standard InChI is InChI=1S/C9H14N2O3S/c1-2-5-11-8-4-3-7(10)6-9(8)15(12,13)14/h3-4,6,11H,2,5,10H2,1H3,(H,12,13,14). The molecule has 1 aromatic carbocycles. The maximum atomic E-state index is 11.0. The van der Waals surface area contributed by atoms with Crippen LogP contribution in [-0.4, -0.2) is 19.5 Å². The zero-order valence-corrected chi connectivity index (χ0v) is 9.21. The Labute approximate surface area is 89.0 Å². The average Bonchev–Trinajstić information content (AvgIpc) is 2.14. The zero-order valence-electron chi connectivity index (χ0n) is 8.40. The topological polar surface area (TPSA) is 92.4 Å². The van der Waals surface area contributed by atoms with Gasteiger partial charge in [-0.25, -0.2) is 0 Å². The van der Waals surface area contributed by atoms with E-state index in [-0.39, 0.29) is 4.90 Å². The minimum absolute atomic E-state index is 0.184. The second kappa shape index (κ2) is 4.50. The number of nitrogens with one attached hydrogen (secondary N) is 1. The highest BCUT2D eigenvalue weighted by Gasteiger charge is 2.15. The smallest absolute Gasteiger partial charge is 0.296 e. The van der Waals surface area contributed by atoms with Crippen molar-refractivity contribution in [2.24, 2.45) is 0 Å². The lowest BCUT2D eigenvalue weighted by Gasteiger charge is -2.09. The van der Waals surface area contributed by atoms with E-state index >= 15 is 0 Å². The summed E-state index contributed by atoms with van der Waals surface area (Å²) in [4.78, 5) is -0.184. The number of hydrogen-bond acceptors (Lipinski definition) is 4. The summed E-state index contributed by atoms with van der Waals surface area (Å²) in [5.41, 5.74) is 6.11. The quantitative estimate of drug-likeness (QED) is 0.536. The highest BCUT2D eigenvalue weighted by atomic mass is 32.2. The monoisotopic (exact) mass is 230 g/mol. The third-order valence-electron chi connectivity index (χ3n) is 1.85. The first-order chi connectivity index (χ1) is 6.95. The molecule has 0 saturated heterocycles. The van der Waals surface area contributed by atoms with Crippen molar-refractivity contribution < 1.29 is 13.0 Å². The first-order valence-electron chi connectivity index (χ1n) is 4.56. The van der Waals surface area contributed by atoms with Gasteiger partial charge in [0.1, 0.15) is 4.90 Å². The van der Waals surface area contributed by atoms with Gasteiger partial charge in [-0.15, -0.1) is 0 Å². The molecule has 0 saturated carbocycles. The largest absolute Gasteiger partial charge is 0.399 e. The summed E-state index contributed by atoms with van der Waals surface area (Å²) in [6.45, 7) is 2.59. The molecule has 1 rings (SSSR count). The highest BCUT2D eigenvalue weighted by Crippen LogP contribution is 2.23. The predicted molar refractivity (Wildman–Crippen MR) is 59.4 cm³/mol. The van der Waals surface area contributed by atoms with E-state index in [9.17, 15) is 8.42 Å². The molecule has 0 aromatic heterocycles. The molecule has 0 atom stereocenters. The molecular formula is C9H14N2O3S. The molecule has 1 aromatic rings. The summed E-state index contributed by atoms with van der Waals surface area (Å²) in [5, 5.41) is 2.90. The van der Waals surface area contributed by atoms with Crippen molar-refractivity contribution in [1.29, 1.82) is 0 Å². The van der Waals surface area contributed by atoms with Gasteiger partial charge in [0, 0.05) is 12.2 Å². The lowest BCUT2D eigenvalue weighted by Crippen LogP contribution is -2.07. The normalized spacial score (nSPS) is 11.3. The van der Waals surface area contributed by atoms with Gasteiger partial charge in [-0.2, -0.15) is 8.42 Å². The first-order valence-corrected chi connectivity index (χ1v) is 6.00. The molecule has 0 aliphatic rings. The maximum Gasteiger partial charge on any atom is 0.296 e. The molecule has 0 unspecified atom stereocenters. The molecule has 0 amide bonds. The summed E-state index contributed by atoms with van der Waals surface area (Å²) in [5.74, 6) is 0. The lowest BCUT2D eigenvalue weighted by atomic mass is 10.3. The Morgan fingerprint density at radius 1 is 1.47 bits per heavy atom. The summed E-state index contributed by atoms with van der Waals surface area (Å²) in [7, 11) is -4.23. The summed E-state index contributed by atoms with van der Waals surface area (Å²) in [6.07, 6.45) is 0.856. The minimum Gasteiger partial charge on any atom is -0.399 e. The van der Waals surface area contributed by atoms with Crippen LogP contribution in [0.4, 0.5) is 11.4 Å². The second-order valence-corrected chi connectivity index (χ2v) is 4.55. The Hall–Kier alpha value is -1.27. The molecule has 0 heterocycles. The van der Waals surface area contributed by atoms with Gasteiger partial charge in [-0.1, -0.05) is 6.92 Å².